The third kappa shape index (κ3) is 2.93. The van der Waals surface area contributed by atoms with Crippen molar-refractivity contribution in [2.45, 2.75) is 51.2 Å². The van der Waals surface area contributed by atoms with E-state index in [4.69, 9.17) is 4.74 Å². The van der Waals surface area contributed by atoms with Gasteiger partial charge in [-0.25, -0.2) is 0 Å². The van der Waals surface area contributed by atoms with Gasteiger partial charge in [0.15, 0.2) is 0 Å². The van der Waals surface area contributed by atoms with Crippen LogP contribution in [0.15, 0.2) is 18.2 Å². The van der Waals surface area contributed by atoms with Gasteiger partial charge in [-0.3, -0.25) is 0 Å². The van der Waals surface area contributed by atoms with Gasteiger partial charge in [0.25, 0.3) is 0 Å². The maximum atomic E-state index is 5.63. The molecule has 0 amide bonds. The van der Waals surface area contributed by atoms with E-state index in [9.17, 15) is 0 Å². The van der Waals surface area contributed by atoms with Gasteiger partial charge in [-0.2, -0.15) is 0 Å². The van der Waals surface area contributed by atoms with Gasteiger partial charge in [-0.05, 0) is 61.8 Å². The first-order valence-electron chi connectivity index (χ1n) is 7.35. The maximum Gasteiger partial charge on any atom is 0.0588 e. The monoisotopic (exact) mass is 245 g/mol. The second-order valence-electron chi connectivity index (χ2n) is 5.56. The van der Waals surface area contributed by atoms with E-state index in [1.807, 2.05) is 0 Å². The molecule has 1 saturated heterocycles. The highest BCUT2D eigenvalue weighted by molar-refractivity contribution is 5.35. The number of hydrogen-bond acceptors (Lipinski definition) is 2. The summed E-state index contributed by atoms with van der Waals surface area (Å²) in [5.74, 6) is 0. The summed E-state index contributed by atoms with van der Waals surface area (Å²) in [7, 11) is 0. The van der Waals surface area contributed by atoms with Crippen molar-refractivity contribution in [2.75, 3.05) is 13.2 Å². The van der Waals surface area contributed by atoms with Crippen LogP contribution in [-0.4, -0.2) is 19.3 Å². The second kappa shape index (κ2) is 5.85. The zero-order valence-electron chi connectivity index (χ0n) is 11.1. The first-order valence-corrected chi connectivity index (χ1v) is 7.35. The summed E-state index contributed by atoms with van der Waals surface area (Å²) >= 11 is 0. The van der Waals surface area contributed by atoms with Crippen LogP contribution in [0.25, 0.3) is 0 Å². The molecule has 3 rings (SSSR count). The number of hydrogen-bond donors (Lipinski definition) is 1. The molecule has 98 valence electrons. The Balaban J connectivity index is 1.42. The molecule has 1 N–H and O–H groups in total. The molecule has 1 fully saturated rings. The normalized spacial score (nSPS) is 22.3. The third-order valence-corrected chi connectivity index (χ3v) is 4.16. The highest BCUT2D eigenvalue weighted by atomic mass is 16.5. The van der Waals surface area contributed by atoms with Crippen molar-refractivity contribution in [2.24, 2.45) is 0 Å². The Labute approximate surface area is 110 Å². The largest absolute Gasteiger partial charge is 0.378 e. The fourth-order valence-corrected chi connectivity index (χ4v) is 3.10. The fraction of sp³-hybridized carbons (Fsp3) is 0.625. The van der Waals surface area contributed by atoms with Crippen molar-refractivity contribution >= 4 is 0 Å². The van der Waals surface area contributed by atoms with Crippen LogP contribution in [0.5, 0.6) is 0 Å². The summed E-state index contributed by atoms with van der Waals surface area (Å²) in [5.41, 5.74) is 4.58. The zero-order chi connectivity index (χ0) is 12.2. The minimum Gasteiger partial charge on any atom is -0.378 e. The average molecular weight is 245 g/mol. The molecule has 0 spiro atoms. The van der Waals surface area contributed by atoms with Crippen LogP contribution in [0.4, 0.5) is 0 Å². The van der Waals surface area contributed by atoms with Gasteiger partial charge in [-0.15, -0.1) is 0 Å². The summed E-state index contributed by atoms with van der Waals surface area (Å²) in [6.45, 7) is 3.04. The Kier molecular flexibility index (Phi) is 3.96. The quantitative estimate of drug-likeness (QED) is 0.805. The van der Waals surface area contributed by atoms with E-state index in [2.05, 4.69) is 23.5 Å². The summed E-state index contributed by atoms with van der Waals surface area (Å²) in [6.07, 6.45) is 8.06. The van der Waals surface area contributed by atoms with Gasteiger partial charge in [0.1, 0.15) is 0 Å². The van der Waals surface area contributed by atoms with Gasteiger partial charge < -0.3 is 10.1 Å². The van der Waals surface area contributed by atoms with Crippen LogP contribution >= 0.6 is 0 Å². The summed E-state index contributed by atoms with van der Waals surface area (Å²) < 4.78 is 5.63. The van der Waals surface area contributed by atoms with Crippen molar-refractivity contribution in [1.29, 1.82) is 0 Å². The zero-order valence-corrected chi connectivity index (χ0v) is 11.1. The van der Waals surface area contributed by atoms with Gasteiger partial charge in [-0.1, -0.05) is 18.2 Å². The lowest BCUT2D eigenvalue weighted by atomic mass is 10.1. The van der Waals surface area contributed by atoms with E-state index in [0.717, 1.165) is 26.1 Å². The molecule has 18 heavy (non-hydrogen) atoms. The van der Waals surface area contributed by atoms with Crippen LogP contribution < -0.4 is 5.32 Å². The SMILES string of the molecule is c1cc2c(cc1CNCCC1CCCO1)CCC2. The number of benzene rings is 1. The van der Waals surface area contributed by atoms with E-state index in [1.165, 1.54) is 37.7 Å². The van der Waals surface area contributed by atoms with E-state index in [1.54, 1.807) is 11.1 Å². The smallest absolute Gasteiger partial charge is 0.0588 e. The molecule has 1 aromatic rings. The molecule has 1 aliphatic heterocycles. The van der Waals surface area contributed by atoms with Crippen molar-refractivity contribution in [1.82, 2.24) is 5.32 Å². The Morgan fingerprint density at radius 1 is 1.17 bits per heavy atom. The number of ether oxygens (including phenoxy) is 1. The first-order chi connectivity index (χ1) is 8.92. The van der Waals surface area contributed by atoms with E-state index in [-0.39, 0.29) is 0 Å². The number of rotatable bonds is 5. The topological polar surface area (TPSA) is 21.3 Å². The third-order valence-electron chi connectivity index (χ3n) is 4.16. The van der Waals surface area contributed by atoms with Gasteiger partial charge >= 0.3 is 0 Å². The minimum atomic E-state index is 0.512. The Morgan fingerprint density at radius 2 is 2.11 bits per heavy atom. The molecule has 0 radical (unpaired) electrons. The lowest BCUT2D eigenvalue weighted by Gasteiger charge is -2.10. The Morgan fingerprint density at radius 3 is 3.00 bits per heavy atom. The second-order valence-corrected chi connectivity index (χ2v) is 5.56. The van der Waals surface area contributed by atoms with Crippen molar-refractivity contribution in [3.05, 3.63) is 34.9 Å². The average Bonchev–Trinajstić information content (AvgIpc) is 3.05. The van der Waals surface area contributed by atoms with E-state index >= 15 is 0 Å². The molecule has 1 unspecified atom stereocenters. The summed E-state index contributed by atoms with van der Waals surface area (Å²) in [4.78, 5) is 0. The molecule has 2 nitrogen and oxygen atoms in total. The molecule has 2 aliphatic rings. The number of aryl methyl sites for hydroxylation is 2. The Hall–Kier alpha value is -0.860. The Bertz CT molecular complexity index is 396. The molecule has 1 aliphatic carbocycles. The lowest BCUT2D eigenvalue weighted by Crippen LogP contribution is -2.19. The highest BCUT2D eigenvalue weighted by Gasteiger charge is 2.14. The fourth-order valence-electron chi connectivity index (χ4n) is 3.10. The van der Waals surface area contributed by atoms with Crippen LogP contribution in [-0.2, 0) is 24.1 Å². The van der Waals surface area contributed by atoms with Gasteiger partial charge in [0.2, 0.25) is 0 Å². The number of nitrogens with one attached hydrogen (secondary N) is 1. The number of fused-ring (bicyclic) bond motifs is 1. The highest BCUT2D eigenvalue weighted by Crippen LogP contribution is 2.22. The van der Waals surface area contributed by atoms with Crippen molar-refractivity contribution in [3.63, 3.8) is 0 Å². The van der Waals surface area contributed by atoms with Crippen LogP contribution in [0.1, 0.15) is 42.4 Å². The van der Waals surface area contributed by atoms with E-state index in [0.29, 0.717) is 6.10 Å². The molecule has 0 bridgehead atoms. The molecule has 0 saturated carbocycles. The van der Waals surface area contributed by atoms with Crippen LogP contribution in [0.2, 0.25) is 0 Å². The van der Waals surface area contributed by atoms with E-state index < -0.39 is 0 Å². The predicted molar refractivity (Wildman–Crippen MR) is 73.8 cm³/mol. The molecule has 1 atom stereocenters. The molecular formula is C16H23NO. The first kappa shape index (κ1) is 12.2. The lowest BCUT2D eigenvalue weighted by molar-refractivity contribution is 0.104. The summed E-state index contributed by atoms with van der Waals surface area (Å²) in [5, 5.41) is 3.54. The van der Waals surface area contributed by atoms with Gasteiger partial charge in [0, 0.05) is 13.2 Å². The summed E-state index contributed by atoms with van der Waals surface area (Å²) in [6, 6.07) is 6.99. The minimum absolute atomic E-state index is 0.512. The molecule has 2 heteroatoms. The molecule has 0 aromatic heterocycles. The van der Waals surface area contributed by atoms with Gasteiger partial charge in [0.05, 0.1) is 6.10 Å². The van der Waals surface area contributed by atoms with Crippen molar-refractivity contribution in [3.8, 4) is 0 Å². The van der Waals surface area contributed by atoms with Crippen molar-refractivity contribution < 1.29 is 4.74 Å². The standard InChI is InChI=1S/C16H23NO/c1-3-14-7-6-13(11-15(14)4-1)12-17-9-8-16-5-2-10-18-16/h6-7,11,16-17H,1-5,8-10,12H2. The van der Waals surface area contributed by atoms with Crippen LogP contribution in [0.3, 0.4) is 0 Å². The molecule has 1 aromatic carbocycles. The molecular weight excluding hydrogens is 222 g/mol. The maximum absolute atomic E-state index is 5.63. The molecule has 1 heterocycles. The van der Waals surface area contributed by atoms with Crippen LogP contribution in [0, 0.1) is 0 Å². The predicted octanol–water partition coefficient (Wildman–Crippen LogP) is 2.83.